The Labute approximate surface area is 167 Å². The molecule has 0 aliphatic heterocycles. The number of esters is 2. The third-order valence-electron chi connectivity index (χ3n) is 4.78. The van der Waals surface area contributed by atoms with E-state index in [0.717, 1.165) is 51.9 Å². The van der Waals surface area contributed by atoms with Gasteiger partial charge in [0.25, 0.3) is 0 Å². The molecule has 0 bridgehead atoms. The lowest BCUT2D eigenvalue weighted by Gasteiger charge is -2.34. The van der Waals surface area contributed by atoms with Crippen molar-refractivity contribution >= 4 is 11.9 Å². The van der Waals surface area contributed by atoms with Crippen molar-refractivity contribution < 1.29 is 14.3 Å². The molecule has 0 unspecified atom stereocenters. The SMILES string of the molecule is CCCN(CCC)[C@H](C(=O)OC(=O)[C@H](C(C)C)N(CCC)CCC)C(C)C. The summed E-state index contributed by atoms with van der Waals surface area (Å²) in [7, 11) is 0. The van der Waals surface area contributed by atoms with E-state index in [2.05, 4.69) is 37.5 Å². The van der Waals surface area contributed by atoms with Crippen molar-refractivity contribution in [1.82, 2.24) is 9.80 Å². The molecule has 0 radical (unpaired) electrons. The van der Waals surface area contributed by atoms with Gasteiger partial charge in [-0.1, -0.05) is 55.4 Å². The molecule has 0 aromatic heterocycles. The third-order valence-corrected chi connectivity index (χ3v) is 4.78. The maximum absolute atomic E-state index is 12.9. The maximum atomic E-state index is 12.9. The predicted octanol–water partition coefficient (Wildman–Crippen LogP) is 4.35. The van der Waals surface area contributed by atoms with E-state index in [4.69, 9.17) is 4.74 Å². The molecule has 0 saturated heterocycles. The topological polar surface area (TPSA) is 49.9 Å². The lowest BCUT2D eigenvalue weighted by Crippen LogP contribution is -2.51. The van der Waals surface area contributed by atoms with Crippen molar-refractivity contribution in [1.29, 1.82) is 0 Å². The Bertz CT molecular complexity index is 374. The molecule has 0 heterocycles. The molecular weight excluding hydrogens is 340 g/mol. The molecule has 27 heavy (non-hydrogen) atoms. The Hall–Kier alpha value is -0.940. The number of ether oxygens (including phenoxy) is 1. The van der Waals surface area contributed by atoms with Crippen LogP contribution in [0.15, 0.2) is 0 Å². The van der Waals surface area contributed by atoms with Crippen molar-refractivity contribution in [3.63, 3.8) is 0 Å². The molecule has 0 spiro atoms. The lowest BCUT2D eigenvalue weighted by molar-refractivity contribution is -0.169. The summed E-state index contributed by atoms with van der Waals surface area (Å²) in [5.74, 6) is -0.586. The minimum absolute atomic E-state index is 0.100. The van der Waals surface area contributed by atoms with Gasteiger partial charge in [-0.3, -0.25) is 9.80 Å². The zero-order valence-electron chi connectivity index (χ0n) is 19.1. The summed E-state index contributed by atoms with van der Waals surface area (Å²) in [6.45, 7) is 19.9. The smallest absolute Gasteiger partial charge is 0.331 e. The third kappa shape index (κ3) is 8.73. The summed E-state index contributed by atoms with van der Waals surface area (Å²) in [6.07, 6.45) is 3.89. The van der Waals surface area contributed by atoms with Gasteiger partial charge in [0, 0.05) is 0 Å². The second-order valence-electron chi connectivity index (χ2n) is 8.19. The van der Waals surface area contributed by atoms with Crippen LogP contribution in [-0.2, 0) is 14.3 Å². The summed E-state index contributed by atoms with van der Waals surface area (Å²) in [5.41, 5.74) is 0. The Morgan fingerprint density at radius 2 is 0.889 bits per heavy atom. The molecule has 0 aromatic carbocycles. The van der Waals surface area contributed by atoms with E-state index >= 15 is 0 Å². The Morgan fingerprint density at radius 3 is 1.07 bits per heavy atom. The van der Waals surface area contributed by atoms with Crippen molar-refractivity contribution in [2.24, 2.45) is 11.8 Å². The zero-order chi connectivity index (χ0) is 21.0. The first kappa shape index (κ1) is 26.1. The Balaban J connectivity index is 5.38. The highest BCUT2D eigenvalue weighted by Crippen LogP contribution is 2.18. The van der Waals surface area contributed by atoms with Gasteiger partial charge >= 0.3 is 11.9 Å². The number of carbonyl (C=O) groups is 2. The second-order valence-corrected chi connectivity index (χ2v) is 8.19. The molecule has 0 aliphatic rings. The summed E-state index contributed by atoms with van der Waals surface area (Å²) >= 11 is 0. The molecule has 0 fully saturated rings. The van der Waals surface area contributed by atoms with Gasteiger partial charge in [-0.05, 0) is 63.7 Å². The zero-order valence-corrected chi connectivity index (χ0v) is 19.1. The molecule has 0 rings (SSSR count). The normalized spacial score (nSPS) is 14.2. The van der Waals surface area contributed by atoms with Crippen LogP contribution in [0.3, 0.4) is 0 Å². The van der Waals surface area contributed by atoms with E-state index in [-0.39, 0.29) is 23.9 Å². The number of hydrogen-bond donors (Lipinski definition) is 0. The number of nitrogens with zero attached hydrogens (tertiary/aromatic N) is 2. The summed E-state index contributed by atoms with van der Waals surface area (Å²) in [6, 6.07) is -0.736. The second kappa shape index (κ2) is 14.1. The molecule has 5 nitrogen and oxygen atoms in total. The van der Waals surface area contributed by atoms with Crippen molar-refractivity contribution in [2.75, 3.05) is 26.2 Å². The standard InChI is InChI=1S/C22H44N2O3/c1-9-13-23(14-10-2)19(17(5)6)21(25)27-22(26)20(18(7)8)24(15-11-3)16-12-4/h17-20H,9-16H2,1-8H3/t19-,20-/m0/s1. The van der Waals surface area contributed by atoms with E-state index in [9.17, 15) is 9.59 Å². The first-order chi connectivity index (χ1) is 12.7. The van der Waals surface area contributed by atoms with Crippen LogP contribution in [0.25, 0.3) is 0 Å². The van der Waals surface area contributed by atoms with Crippen molar-refractivity contribution in [3.05, 3.63) is 0 Å². The van der Waals surface area contributed by atoms with E-state index < -0.39 is 11.9 Å². The minimum atomic E-state index is -0.393. The van der Waals surface area contributed by atoms with Gasteiger partial charge in [0.05, 0.1) is 0 Å². The average Bonchev–Trinajstić information content (AvgIpc) is 2.55. The fraction of sp³-hybridized carbons (Fsp3) is 0.909. The summed E-state index contributed by atoms with van der Waals surface area (Å²) < 4.78 is 5.48. The van der Waals surface area contributed by atoms with E-state index in [1.54, 1.807) is 0 Å². The molecular formula is C22H44N2O3. The van der Waals surface area contributed by atoms with Crippen LogP contribution in [-0.4, -0.2) is 60.0 Å². The van der Waals surface area contributed by atoms with Gasteiger partial charge in [0.15, 0.2) is 0 Å². The van der Waals surface area contributed by atoms with Crippen LogP contribution in [0.4, 0.5) is 0 Å². The van der Waals surface area contributed by atoms with Crippen LogP contribution >= 0.6 is 0 Å². The van der Waals surface area contributed by atoms with Crippen LogP contribution in [0.5, 0.6) is 0 Å². The molecule has 0 aromatic rings. The Kier molecular flexibility index (Phi) is 13.6. The van der Waals surface area contributed by atoms with Gasteiger partial charge < -0.3 is 4.74 Å². The van der Waals surface area contributed by atoms with Gasteiger partial charge in [-0.15, -0.1) is 0 Å². The molecule has 2 atom stereocenters. The minimum Gasteiger partial charge on any atom is -0.391 e. The molecule has 0 aliphatic carbocycles. The molecule has 0 N–H and O–H groups in total. The maximum Gasteiger partial charge on any atom is 0.331 e. The monoisotopic (exact) mass is 384 g/mol. The first-order valence-electron chi connectivity index (χ1n) is 11.0. The number of carbonyl (C=O) groups excluding carboxylic acids is 2. The first-order valence-corrected chi connectivity index (χ1v) is 11.0. The highest BCUT2D eigenvalue weighted by molar-refractivity contribution is 5.91. The van der Waals surface area contributed by atoms with Gasteiger partial charge in [0.1, 0.15) is 12.1 Å². The van der Waals surface area contributed by atoms with Crippen LogP contribution in [0, 0.1) is 11.8 Å². The number of hydrogen-bond acceptors (Lipinski definition) is 5. The van der Waals surface area contributed by atoms with Crippen LogP contribution in [0.1, 0.15) is 81.1 Å². The largest absolute Gasteiger partial charge is 0.391 e. The fourth-order valence-electron chi connectivity index (χ4n) is 3.83. The predicted molar refractivity (Wildman–Crippen MR) is 113 cm³/mol. The quantitative estimate of drug-likeness (QED) is 0.329. The highest BCUT2D eigenvalue weighted by atomic mass is 16.6. The van der Waals surface area contributed by atoms with Crippen molar-refractivity contribution in [3.8, 4) is 0 Å². The van der Waals surface area contributed by atoms with Crippen LogP contribution < -0.4 is 0 Å². The van der Waals surface area contributed by atoms with Gasteiger partial charge in [-0.25, -0.2) is 9.59 Å². The fourth-order valence-corrected chi connectivity index (χ4v) is 3.83. The summed E-state index contributed by atoms with van der Waals surface area (Å²) in [4.78, 5) is 30.2. The lowest BCUT2D eigenvalue weighted by atomic mass is 10.0. The van der Waals surface area contributed by atoms with Gasteiger partial charge in [0.2, 0.25) is 0 Å². The number of rotatable bonds is 14. The van der Waals surface area contributed by atoms with E-state index in [0.29, 0.717) is 0 Å². The van der Waals surface area contributed by atoms with E-state index in [1.165, 1.54) is 0 Å². The highest BCUT2D eigenvalue weighted by Gasteiger charge is 2.35. The Morgan fingerprint density at radius 1 is 0.630 bits per heavy atom. The molecule has 5 heteroatoms. The molecule has 0 amide bonds. The molecule has 160 valence electrons. The van der Waals surface area contributed by atoms with Crippen LogP contribution in [0.2, 0.25) is 0 Å². The van der Waals surface area contributed by atoms with Crippen molar-refractivity contribution in [2.45, 2.75) is 93.2 Å². The van der Waals surface area contributed by atoms with Gasteiger partial charge in [-0.2, -0.15) is 0 Å². The average molecular weight is 385 g/mol. The molecule has 0 saturated carbocycles. The summed E-state index contributed by atoms with van der Waals surface area (Å²) in [5, 5.41) is 0. The van der Waals surface area contributed by atoms with E-state index in [1.807, 2.05) is 27.7 Å².